The number of amides is 1. The van der Waals surface area contributed by atoms with Crippen LogP contribution in [0.4, 0.5) is 0 Å². The number of carbonyl (C=O) groups excluding carboxylic acids is 2. The number of hydrogen-bond acceptors (Lipinski definition) is 3. The molecule has 0 aliphatic heterocycles. The lowest BCUT2D eigenvalue weighted by Crippen LogP contribution is -2.28. The second-order valence-electron chi connectivity index (χ2n) is 3.86. The zero-order valence-electron chi connectivity index (χ0n) is 9.93. The molecular weight excluding hydrogens is 234 g/mol. The quantitative estimate of drug-likeness (QED) is 0.478. The molecule has 1 amide bonds. The van der Waals surface area contributed by atoms with E-state index in [9.17, 15) is 9.59 Å². The maximum Gasteiger partial charge on any atom is 0.254 e. The van der Waals surface area contributed by atoms with Gasteiger partial charge in [-0.3, -0.25) is 9.59 Å². The number of benzene rings is 1. The third-order valence-corrected chi connectivity index (χ3v) is 2.88. The van der Waals surface area contributed by atoms with Crippen molar-refractivity contribution in [2.45, 2.75) is 12.8 Å². The molecule has 17 heavy (non-hydrogen) atoms. The van der Waals surface area contributed by atoms with E-state index in [0.717, 1.165) is 24.9 Å². The highest BCUT2D eigenvalue weighted by molar-refractivity contribution is 7.80. The Kier molecular flexibility index (Phi) is 5.77. The van der Waals surface area contributed by atoms with E-state index in [-0.39, 0.29) is 5.91 Å². The molecule has 1 aromatic rings. The zero-order valence-corrected chi connectivity index (χ0v) is 10.8. The second kappa shape index (κ2) is 7.12. The molecule has 92 valence electrons. The molecule has 0 bridgehead atoms. The van der Waals surface area contributed by atoms with Gasteiger partial charge in [0.1, 0.15) is 0 Å². The minimum Gasteiger partial charge on any atom is -0.342 e. The van der Waals surface area contributed by atoms with Gasteiger partial charge in [-0.1, -0.05) is 18.2 Å². The van der Waals surface area contributed by atoms with Crippen LogP contribution in [-0.2, 0) is 0 Å². The van der Waals surface area contributed by atoms with Crippen molar-refractivity contribution in [3.8, 4) is 0 Å². The smallest absolute Gasteiger partial charge is 0.254 e. The van der Waals surface area contributed by atoms with Gasteiger partial charge in [0.05, 0.1) is 5.56 Å². The molecule has 0 heterocycles. The minimum absolute atomic E-state index is 0.105. The molecule has 1 aromatic carbocycles. The maximum atomic E-state index is 12.1. The Morgan fingerprint density at radius 2 is 2.06 bits per heavy atom. The predicted octanol–water partition coefficient (Wildman–Crippen LogP) is 2.28. The van der Waals surface area contributed by atoms with Crippen LogP contribution in [0.2, 0.25) is 0 Å². The SMILES string of the molecule is CN(CCCCS)C(=O)c1ccccc1C=O. The Morgan fingerprint density at radius 1 is 1.35 bits per heavy atom. The van der Waals surface area contributed by atoms with Crippen molar-refractivity contribution in [3.05, 3.63) is 35.4 Å². The number of unbranched alkanes of at least 4 members (excludes halogenated alkanes) is 1. The van der Waals surface area contributed by atoms with Crippen molar-refractivity contribution < 1.29 is 9.59 Å². The van der Waals surface area contributed by atoms with Crippen molar-refractivity contribution in [2.75, 3.05) is 19.3 Å². The normalized spacial score (nSPS) is 10.0. The second-order valence-corrected chi connectivity index (χ2v) is 4.31. The lowest BCUT2D eigenvalue weighted by atomic mass is 10.1. The lowest BCUT2D eigenvalue weighted by Gasteiger charge is -2.17. The molecule has 0 radical (unpaired) electrons. The van der Waals surface area contributed by atoms with Crippen LogP contribution >= 0.6 is 12.6 Å². The summed E-state index contributed by atoms with van der Waals surface area (Å²) < 4.78 is 0. The van der Waals surface area contributed by atoms with Crippen LogP contribution in [0.1, 0.15) is 33.6 Å². The van der Waals surface area contributed by atoms with Crippen molar-refractivity contribution in [1.82, 2.24) is 4.90 Å². The fourth-order valence-corrected chi connectivity index (χ4v) is 1.79. The number of thiol groups is 1. The number of carbonyl (C=O) groups is 2. The van der Waals surface area contributed by atoms with Gasteiger partial charge in [-0.05, 0) is 24.7 Å². The molecule has 0 aromatic heterocycles. The summed E-state index contributed by atoms with van der Waals surface area (Å²) in [5, 5.41) is 0. The Hall–Kier alpha value is -1.29. The van der Waals surface area contributed by atoms with Crippen LogP contribution in [0, 0.1) is 0 Å². The van der Waals surface area contributed by atoms with Crippen molar-refractivity contribution >= 4 is 24.8 Å². The average Bonchev–Trinajstić information content (AvgIpc) is 2.38. The van der Waals surface area contributed by atoms with E-state index in [2.05, 4.69) is 12.6 Å². The molecule has 4 heteroatoms. The monoisotopic (exact) mass is 251 g/mol. The van der Waals surface area contributed by atoms with Gasteiger partial charge in [-0.25, -0.2) is 0 Å². The highest BCUT2D eigenvalue weighted by Gasteiger charge is 2.14. The zero-order chi connectivity index (χ0) is 12.7. The fraction of sp³-hybridized carbons (Fsp3) is 0.385. The van der Waals surface area contributed by atoms with E-state index in [1.54, 1.807) is 36.2 Å². The standard InChI is InChI=1S/C13H17NO2S/c1-14(8-4-5-9-17)13(16)12-7-3-2-6-11(12)10-15/h2-3,6-7,10,17H,4-5,8-9H2,1H3. The highest BCUT2D eigenvalue weighted by atomic mass is 32.1. The first kappa shape index (κ1) is 13.8. The van der Waals surface area contributed by atoms with Gasteiger partial charge in [-0.2, -0.15) is 12.6 Å². The molecule has 0 unspecified atom stereocenters. The minimum atomic E-state index is -0.105. The van der Waals surface area contributed by atoms with E-state index in [1.165, 1.54) is 0 Å². The van der Waals surface area contributed by atoms with Gasteiger partial charge in [-0.15, -0.1) is 0 Å². The summed E-state index contributed by atoms with van der Waals surface area (Å²) in [7, 11) is 1.75. The van der Waals surface area contributed by atoms with Crippen LogP contribution in [0.15, 0.2) is 24.3 Å². The predicted molar refractivity (Wildman–Crippen MR) is 71.9 cm³/mol. The van der Waals surface area contributed by atoms with Gasteiger partial charge in [0.2, 0.25) is 0 Å². The highest BCUT2D eigenvalue weighted by Crippen LogP contribution is 2.09. The molecule has 0 aliphatic rings. The Bertz CT molecular complexity index is 393. The summed E-state index contributed by atoms with van der Waals surface area (Å²) in [6.07, 6.45) is 2.62. The van der Waals surface area contributed by atoms with Crippen molar-refractivity contribution in [1.29, 1.82) is 0 Å². The summed E-state index contributed by atoms with van der Waals surface area (Å²) in [5.74, 6) is 0.722. The lowest BCUT2D eigenvalue weighted by molar-refractivity contribution is 0.0790. The van der Waals surface area contributed by atoms with E-state index in [0.29, 0.717) is 17.7 Å². The molecule has 0 atom stereocenters. The molecule has 0 N–H and O–H groups in total. The largest absolute Gasteiger partial charge is 0.342 e. The van der Waals surface area contributed by atoms with Crippen LogP contribution in [0.3, 0.4) is 0 Å². The summed E-state index contributed by atoms with van der Waals surface area (Å²) >= 11 is 4.13. The number of nitrogens with zero attached hydrogens (tertiary/aromatic N) is 1. The summed E-state index contributed by atoms with van der Waals surface area (Å²) in [6.45, 7) is 0.687. The molecule has 0 spiro atoms. The molecular formula is C13H17NO2S. The van der Waals surface area contributed by atoms with Gasteiger partial charge < -0.3 is 4.90 Å². The molecule has 0 saturated heterocycles. The van der Waals surface area contributed by atoms with Crippen molar-refractivity contribution in [2.24, 2.45) is 0 Å². The van der Waals surface area contributed by atoms with Crippen molar-refractivity contribution in [3.63, 3.8) is 0 Å². The maximum absolute atomic E-state index is 12.1. The van der Waals surface area contributed by atoms with E-state index >= 15 is 0 Å². The summed E-state index contributed by atoms with van der Waals surface area (Å²) in [6, 6.07) is 6.85. The summed E-state index contributed by atoms with van der Waals surface area (Å²) in [4.78, 5) is 24.5. The first-order valence-corrected chi connectivity index (χ1v) is 6.24. The third kappa shape index (κ3) is 3.89. The first-order valence-electron chi connectivity index (χ1n) is 5.61. The summed E-state index contributed by atoms with van der Waals surface area (Å²) in [5.41, 5.74) is 0.911. The molecule has 0 saturated carbocycles. The van der Waals surface area contributed by atoms with Crippen LogP contribution in [0.25, 0.3) is 0 Å². The third-order valence-electron chi connectivity index (χ3n) is 2.57. The Balaban J connectivity index is 2.71. The average molecular weight is 251 g/mol. The van der Waals surface area contributed by atoms with Crippen LogP contribution < -0.4 is 0 Å². The molecule has 0 fully saturated rings. The molecule has 3 nitrogen and oxygen atoms in total. The topological polar surface area (TPSA) is 37.4 Å². The Labute approximate surface area is 107 Å². The van der Waals surface area contributed by atoms with Crippen LogP contribution in [0.5, 0.6) is 0 Å². The van der Waals surface area contributed by atoms with Gasteiger partial charge >= 0.3 is 0 Å². The van der Waals surface area contributed by atoms with Gasteiger partial charge in [0, 0.05) is 19.2 Å². The molecule has 0 aliphatic carbocycles. The first-order chi connectivity index (χ1) is 8.20. The Morgan fingerprint density at radius 3 is 2.71 bits per heavy atom. The van der Waals surface area contributed by atoms with E-state index < -0.39 is 0 Å². The van der Waals surface area contributed by atoms with E-state index in [1.807, 2.05) is 0 Å². The number of rotatable bonds is 6. The molecule has 1 rings (SSSR count). The van der Waals surface area contributed by atoms with E-state index in [4.69, 9.17) is 0 Å². The van der Waals surface area contributed by atoms with Gasteiger partial charge in [0.15, 0.2) is 6.29 Å². The van der Waals surface area contributed by atoms with Crippen LogP contribution in [-0.4, -0.2) is 36.4 Å². The van der Waals surface area contributed by atoms with Gasteiger partial charge in [0.25, 0.3) is 5.91 Å². The number of hydrogen-bond donors (Lipinski definition) is 1. The fourth-order valence-electron chi connectivity index (χ4n) is 1.56. The number of aldehydes is 1.